The number of ether oxygens (including phenoxy) is 3. The van der Waals surface area contributed by atoms with Crippen LogP contribution < -0.4 is 15.0 Å². The molecule has 248 valence electrons. The first-order chi connectivity index (χ1) is 22.7. The van der Waals surface area contributed by atoms with Crippen LogP contribution in [-0.2, 0) is 35.1 Å². The number of fused-ring (bicyclic) bond motifs is 2. The Morgan fingerprint density at radius 3 is 2.51 bits per heavy atom. The molecule has 12 heteroatoms. The predicted octanol–water partition coefficient (Wildman–Crippen LogP) is 2.90. The Labute approximate surface area is 281 Å². The van der Waals surface area contributed by atoms with Crippen molar-refractivity contribution in [3.05, 3.63) is 82.9 Å². The molecule has 3 amide bonds. The lowest BCUT2D eigenvalue weighted by Crippen LogP contribution is -2.59. The van der Waals surface area contributed by atoms with Crippen LogP contribution in [0.25, 0.3) is 0 Å². The number of hydrogen-bond acceptors (Lipinski definition) is 8. The van der Waals surface area contributed by atoms with Gasteiger partial charge in [0.05, 0.1) is 32.2 Å². The van der Waals surface area contributed by atoms with Crippen LogP contribution in [0.4, 0.5) is 5.69 Å². The highest BCUT2D eigenvalue weighted by molar-refractivity contribution is 9.11. The number of benzene rings is 2. The van der Waals surface area contributed by atoms with Crippen LogP contribution in [0.2, 0.25) is 0 Å². The molecule has 4 aliphatic heterocycles. The van der Waals surface area contributed by atoms with Gasteiger partial charge in [0.15, 0.2) is 0 Å². The van der Waals surface area contributed by atoms with E-state index in [0.29, 0.717) is 22.3 Å². The first-order valence-electron chi connectivity index (χ1n) is 15.8. The summed E-state index contributed by atoms with van der Waals surface area (Å²) in [6, 6.07) is 14.4. The van der Waals surface area contributed by atoms with E-state index >= 15 is 4.79 Å². The number of halogens is 1. The highest BCUT2D eigenvalue weighted by Gasteiger charge is 2.75. The summed E-state index contributed by atoms with van der Waals surface area (Å²) in [4.78, 5) is 59.1. The second-order valence-electron chi connectivity index (χ2n) is 12.3. The molecule has 2 fully saturated rings. The van der Waals surface area contributed by atoms with E-state index < -0.39 is 66.1 Å². The van der Waals surface area contributed by atoms with Crippen LogP contribution in [0.3, 0.4) is 0 Å². The number of carbonyl (C=O) groups is 4. The molecule has 1 spiro atoms. The molecule has 0 saturated carbocycles. The van der Waals surface area contributed by atoms with Gasteiger partial charge in [0.2, 0.25) is 11.8 Å². The van der Waals surface area contributed by atoms with Crippen LogP contribution in [0.5, 0.6) is 5.75 Å². The molecule has 0 aliphatic carbocycles. The molecular formula is C35H38BrN3O8. The van der Waals surface area contributed by atoms with Gasteiger partial charge in [-0.3, -0.25) is 19.2 Å². The van der Waals surface area contributed by atoms with E-state index in [0.717, 1.165) is 5.56 Å². The van der Waals surface area contributed by atoms with E-state index in [1.54, 1.807) is 49.3 Å². The minimum absolute atomic E-state index is 0.107. The van der Waals surface area contributed by atoms with Gasteiger partial charge in [-0.05, 0) is 55.7 Å². The maximum absolute atomic E-state index is 15.1. The summed E-state index contributed by atoms with van der Waals surface area (Å²) in [6.45, 7) is 1.49. The fraction of sp³-hybridized carbons (Fsp3) is 0.429. The number of allylic oxidation sites excluding steroid dienone is 1. The Morgan fingerprint density at radius 2 is 1.81 bits per heavy atom. The van der Waals surface area contributed by atoms with Crippen LogP contribution in [0.15, 0.2) is 77.3 Å². The topological polar surface area (TPSA) is 135 Å². The van der Waals surface area contributed by atoms with E-state index in [-0.39, 0.29) is 31.8 Å². The minimum Gasteiger partial charge on any atom is -0.497 e. The lowest BCUT2D eigenvalue weighted by Gasteiger charge is -2.38. The number of methoxy groups -OCH3 is 1. The zero-order valence-corrected chi connectivity index (χ0v) is 27.8. The summed E-state index contributed by atoms with van der Waals surface area (Å²) in [7, 11) is 1.55. The van der Waals surface area contributed by atoms with Gasteiger partial charge in [0.25, 0.3) is 5.91 Å². The first-order valence-corrected chi connectivity index (χ1v) is 16.6. The van der Waals surface area contributed by atoms with E-state index in [9.17, 15) is 19.5 Å². The van der Waals surface area contributed by atoms with Crippen molar-refractivity contribution in [1.29, 1.82) is 0 Å². The Balaban J connectivity index is 1.48. The quantitative estimate of drug-likeness (QED) is 0.346. The lowest BCUT2D eigenvalue weighted by atomic mass is 9.74. The molecule has 2 aromatic carbocycles. The number of rotatable bonds is 6. The van der Waals surface area contributed by atoms with Crippen molar-refractivity contribution in [1.82, 2.24) is 10.2 Å². The number of nitrogens with one attached hydrogen (secondary N) is 1. The zero-order valence-electron chi connectivity index (χ0n) is 26.2. The van der Waals surface area contributed by atoms with Crippen molar-refractivity contribution in [2.45, 2.75) is 56.1 Å². The Morgan fingerprint density at radius 1 is 1.06 bits per heavy atom. The second-order valence-corrected chi connectivity index (χ2v) is 13.2. The third-order valence-electron chi connectivity index (χ3n) is 9.34. The third kappa shape index (κ3) is 6.10. The average molecular weight is 709 g/mol. The smallest absolute Gasteiger partial charge is 0.313 e. The number of amides is 3. The van der Waals surface area contributed by atoms with Crippen LogP contribution in [0, 0.1) is 11.8 Å². The van der Waals surface area contributed by atoms with Gasteiger partial charge >= 0.3 is 5.97 Å². The summed E-state index contributed by atoms with van der Waals surface area (Å²) in [5, 5.41) is 13.6. The molecule has 2 saturated heterocycles. The summed E-state index contributed by atoms with van der Waals surface area (Å²) in [6.07, 6.45) is 4.79. The molecule has 0 unspecified atom stereocenters. The van der Waals surface area contributed by atoms with Crippen LogP contribution in [-0.4, -0.2) is 90.4 Å². The molecule has 4 aliphatic rings. The van der Waals surface area contributed by atoms with Gasteiger partial charge in [-0.1, -0.05) is 58.4 Å². The summed E-state index contributed by atoms with van der Waals surface area (Å²) in [5.41, 5.74) is -0.0868. The van der Waals surface area contributed by atoms with Gasteiger partial charge < -0.3 is 34.4 Å². The van der Waals surface area contributed by atoms with Crippen molar-refractivity contribution < 1.29 is 38.5 Å². The third-order valence-corrected chi connectivity index (χ3v) is 10.0. The van der Waals surface area contributed by atoms with Crippen LogP contribution >= 0.6 is 15.9 Å². The zero-order chi connectivity index (χ0) is 33.3. The van der Waals surface area contributed by atoms with Crippen molar-refractivity contribution in [3.8, 4) is 5.75 Å². The predicted molar refractivity (Wildman–Crippen MR) is 176 cm³/mol. The summed E-state index contributed by atoms with van der Waals surface area (Å²) >= 11 is 3.57. The number of likely N-dealkylation sites (tertiary alicyclic amines) is 1. The Hall–Kier alpha value is -4.00. The molecular weight excluding hydrogens is 670 g/mol. The van der Waals surface area contributed by atoms with Gasteiger partial charge in [0, 0.05) is 23.1 Å². The Kier molecular flexibility index (Phi) is 9.54. The number of nitrogens with zero attached hydrogens (tertiary/aromatic N) is 2. The molecule has 4 heterocycles. The number of anilines is 1. The molecule has 0 radical (unpaired) electrons. The molecule has 2 aromatic rings. The average Bonchev–Trinajstić information content (AvgIpc) is 3.67. The normalized spacial score (nSPS) is 30.8. The maximum atomic E-state index is 15.1. The Bertz CT molecular complexity index is 1580. The van der Waals surface area contributed by atoms with E-state index in [4.69, 9.17) is 14.2 Å². The molecule has 7 atom stereocenters. The number of cyclic esters (lactones) is 1. The van der Waals surface area contributed by atoms with E-state index in [1.165, 1.54) is 4.90 Å². The molecule has 6 rings (SSSR count). The fourth-order valence-electron chi connectivity index (χ4n) is 7.15. The second kappa shape index (κ2) is 13.6. The van der Waals surface area contributed by atoms with Crippen LogP contribution in [0.1, 0.15) is 25.3 Å². The number of hydrogen-bond donors (Lipinski definition) is 2. The summed E-state index contributed by atoms with van der Waals surface area (Å²) < 4.78 is 18.3. The first kappa shape index (κ1) is 32.9. The number of aliphatic hydroxyl groups excluding tert-OH is 1. The van der Waals surface area contributed by atoms with Gasteiger partial charge in [-0.25, -0.2) is 0 Å². The van der Waals surface area contributed by atoms with Crippen molar-refractivity contribution in [3.63, 3.8) is 0 Å². The molecule has 5 bridgehead atoms. The van der Waals surface area contributed by atoms with Crippen molar-refractivity contribution in [2.75, 3.05) is 31.7 Å². The van der Waals surface area contributed by atoms with Gasteiger partial charge in [0.1, 0.15) is 35.5 Å². The van der Waals surface area contributed by atoms with Gasteiger partial charge in [-0.15, -0.1) is 0 Å². The fourth-order valence-corrected chi connectivity index (χ4v) is 7.88. The van der Waals surface area contributed by atoms with Gasteiger partial charge in [-0.2, -0.15) is 0 Å². The molecule has 47 heavy (non-hydrogen) atoms. The molecule has 11 nitrogen and oxygen atoms in total. The SMILES string of the molecule is COc1ccc(N2C/C=C\CCC(=O)NC[C@@H](C)OC(=O)[C@@H]3[C@H]4O[C@@]5(C=C4Br)[C@H](C2=O)N([C@@H](CO)Cc2ccccc2)C(=O)[C@@H]35)cc1. The highest BCUT2D eigenvalue weighted by Crippen LogP contribution is 2.59. The minimum atomic E-state index is -1.51. The number of esters is 1. The standard InChI is InChI=1S/C35H38BrN3O8/c1-21-19-37-27(41)11-7-4-8-16-38(23-12-14-25(45-2)15-13-23)33(43)31-35-18-26(36)30(47-35)28(34(44)46-21)29(35)32(42)39(31)24(20-40)17-22-9-5-3-6-10-22/h3-6,8-10,12-15,18,21,24,28-31,40H,7,11,16-17,19-20H2,1-2H3,(H,37,41)/b8-4-/t21-,24-,28+,29-,30+,31+,35-/m1/s1. The number of carbonyl (C=O) groups excluding carboxylic acids is 4. The van der Waals surface area contributed by atoms with E-state index in [2.05, 4.69) is 21.2 Å². The van der Waals surface area contributed by atoms with E-state index in [1.807, 2.05) is 42.5 Å². The maximum Gasteiger partial charge on any atom is 0.313 e. The highest BCUT2D eigenvalue weighted by atomic mass is 79.9. The lowest BCUT2D eigenvalue weighted by molar-refractivity contribution is -0.159. The molecule has 0 aromatic heterocycles. The molecule has 2 N–H and O–H groups in total. The summed E-state index contributed by atoms with van der Waals surface area (Å²) in [5.74, 6) is -3.29. The monoisotopic (exact) mass is 707 g/mol. The number of aliphatic hydroxyl groups is 1. The largest absolute Gasteiger partial charge is 0.497 e. The van der Waals surface area contributed by atoms with Crippen molar-refractivity contribution in [2.24, 2.45) is 11.8 Å². The van der Waals surface area contributed by atoms with Crippen molar-refractivity contribution >= 4 is 45.3 Å².